The monoisotopic (exact) mass is 490 g/mol. The fourth-order valence-electron chi connectivity index (χ4n) is 4.95. The van der Waals surface area contributed by atoms with E-state index in [9.17, 15) is 18.8 Å². The molecule has 1 aromatic heterocycles. The van der Waals surface area contributed by atoms with Gasteiger partial charge in [-0.1, -0.05) is 6.42 Å². The summed E-state index contributed by atoms with van der Waals surface area (Å²) in [6.45, 7) is 2.31. The summed E-state index contributed by atoms with van der Waals surface area (Å²) in [5, 5.41) is 2.87. The molecule has 3 amide bonds. The number of carbonyl (C=O) groups is 3. The third kappa shape index (κ3) is 6.06. The zero-order chi connectivity index (χ0) is 24.9. The van der Waals surface area contributed by atoms with Gasteiger partial charge in [-0.2, -0.15) is 0 Å². The lowest BCUT2D eigenvalue weighted by Crippen LogP contribution is -2.61. The van der Waals surface area contributed by atoms with Crippen molar-refractivity contribution in [3.05, 3.63) is 18.2 Å². The van der Waals surface area contributed by atoms with Crippen molar-refractivity contribution >= 4 is 23.7 Å². The van der Waals surface area contributed by atoms with Gasteiger partial charge in [-0.25, -0.2) is 14.4 Å². The van der Waals surface area contributed by atoms with Crippen molar-refractivity contribution in [1.29, 1.82) is 0 Å². The summed E-state index contributed by atoms with van der Waals surface area (Å²) in [6.07, 6.45) is 8.16. The van der Waals surface area contributed by atoms with E-state index in [0.29, 0.717) is 38.6 Å². The SMILES string of the molecule is CN(C)C(=O)C(=O)NC1CCCN(C(=O)C2CCC2)C1COC1CCN(c2ncc(F)cn2)CC1. The van der Waals surface area contributed by atoms with Crippen molar-refractivity contribution in [3.8, 4) is 0 Å². The maximum Gasteiger partial charge on any atom is 0.311 e. The number of anilines is 1. The van der Waals surface area contributed by atoms with Gasteiger partial charge < -0.3 is 24.8 Å². The second-order valence-electron chi connectivity index (χ2n) is 9.87. The molecular weight excluding hydrogens is 455 g/mol. The highest BCUT2D eigenvalue weighted by atomic mass is 19.1. The van der Waals surface area contributed by atoms with Crippen LogP contribution in [0.3, 0.4) is 0 Å². The minimum Gasteiger partial charge on any atom is -0.376 e. The number of likely N-dealkylation sites (N-methyl/N-ethyl adjacent to an activating group) is 1. The molecular formula is C24H35FN6O4. The average Bonchev–Trinajstić information content (AvgIpc) is 2.82. The highest BCUT2D eigenvalue weighted by Gasteiger charge is 2.40. The van der Waals surface area contributed by atoms with Crippen molar-refractivity contribution in [2.24, 2.45) is 5.92 Å². The van der Waals surface area contributed by atoms with E-state index < -0.39 is 17.6 Å². The molecule has 1 aromatic rings. The predicted molar refractivity (Wildman–Crippen MR) is 126 cm³/mol. The molecule has 2 saturated heterocycles. The Hall–Kier alpha value is -2.82. The Kier molecular flexibility index (Phi) is 8.15. The van der Waals surface area contributed by atoms with E-state index in [-0.39, 0.29) is 30.0 Å². The molecule has 1 saturated carbocycles. The van der Waals surface area contributed by atoms with Gasteiger partial charge >= 0.3 is 11.8 Å². The number of nitrogens with one attached hydrogen (secondary N) is 1. The molecule has 3 heterocycles. The highest BCUT2D eigenvalue weighted by Crippen LogP contribution is 2.31. The Morgan fingerprint density at radius 1 is 1.06 bits per heavy atom. The topological polar surface area (TPSA) is 108 Å². The second kappa shape index (κ2) is 11.3. The summed E-state index contributed by atoms with van der Waals surface area (Å²) < 4.78 is 19.4. The molecule has 0 radical (unpaired) electrons. The third-order valence-corrected chi connectivity index (χ3v) is 7.27. The number of aromatic nitrogens is 2. The van der Waals surface area contributed by atoms with Crippen LogP contribution in [0.2, 0.25) is 0 Å². The first-order valence-corrected chi connectivity index (χ1v) is 12.5. The number of rotatable bonds is 6. The lowest BCUT2D eigenvalue weighted by atomic mass is 9.83. The Labute approximate surface area is 205 Å². The van der Waals surface area contributed by atoms with Gasteiger partial charge in [0, 0.05) is 39.6 Å². The van der Waals surface area contributed by atoms with Crippen molar-refractivity contribution in [3.63, 3.8) is 0 Å². The molecule has 3 aliphatic rings. The van der Waals surface area contributed by atoms with E-state index >= 15 is 0 Å². The average molecular weight is 491 g/mol. The lowest BCUT2D eigenvalue weighted by molar-refractivity contribution is -0.149. The van der Waals surface area contributed by atoms with Gasteiger partial charge in [0.05, 0.1) is 37.2 Å². The Morgan fingerprint density at radius 2 is 1.74 bits per heavy atom. The Morgan fingerprint density at radius 3 is 2.34 bits per heavy atom. The molecule has 1 aliphatic carbocycles. The van der Waals surface area contributed by atoms with Gasteiger partial charge in [-0.05, 0) is 38.5 Å². The van der Waals surface area contributed by atoms with Crippen LogP contribution in [-0.4, -0.2) is 96.0 Å². The van der Waals surface area contributed by atoms with E-state index in [1.165, 1.54) is 4.90 Å². The number of hydrogen-bond acceptors (Lipinski definition) is 7. The van der Waals surface area contributed by atoms with Gasteiger partial charge in [0.1, 0.15) is 0 Å². The summed E-state index contributed by atoms with van der Waals surface area (Å²) in [5.74, 6) is -1.05. The molecule has 2 aliphatic heterocycles. The molecule has 2 atom stereocenters. The zero-order valence-corrected chi connectivity index (χ0v) is 20.5. The molecule has 1 N–H and O–H groups in total. The summed E-state index contributed by atoms with van der Waals surface area (Å²) in [6, 6.07) is -0.647. The number of halogens is 1. The largest absolute Gasteiger partial charge is 0.376 e. The fraction of sp³-hybridized carbons (Fsp3) is 0.708. The van der Waals surface area contributed by atoms with Crippen LogP contribution in [-0.2, 0) is 19.1 Å². The van der Waals surface area contributed by atoms with Crippen LogP contribution in [0, 0.1) is 11.7 Å². The number of piperidine rings is 2. The number of amides is 3. The lowest BCUT2D eigenvalue weighted by Gasteiger charge is -2.44. The second-order valence-corrected chi connectivity index (χ2v) is 9.87. The summed E-state index contributed by atoms with van der Waals surface area (Å²) in [5.41, 5.74) is 0. The Bertz CT molecular complexity index is 902. The first kappa shape index (κ1) is 25.3. The van der Waals surface area contributed by atoms with Crippen LogP contribution in [0.4, 0.5) is 10.3 Å². The van der Waals surface area contributed by atoms with Crippen molar-refractivity contribution in [2.45, 2.75) is 63.1 Å². The fourth-order valence-corrected chi connectivity index (χ4v) is 4.95. The molecule has 192 valence electrons. The van der Waals surface area contributed by atoms with Crippen LogP contribution in [0.25, 0.3) is 0 Å². The summed E-state index contributed by atoms with van der Waals surface area (Å²) in [7, 11) is 3.08. The zero-order valence-electron chi connectivity index (χ0n) is 20.5. The van der Waals surface area contributed by atoms with Crippen LogP contribution < -0.4 is 10.2 Å². The quantitative estimate of drug-likeness (QED) is 0.592. The molecule has 0 spiro atoms. The van der Waals surface area contributed by atoms with E-state index in [0.717, 1.165) is 50.9 Å². The van der Waals surface area contributed by atoms with Crippen molar-refractivity contribution < 1.29 is 23.5 Å². The molecule has 4 rings (SSSR count). The number of hydrogen-bond donors (Lipinski definition) is 1. The number of carbonyl (C=O) groups excluding carboxylic acids is 3. The van der Waals surface area contributed by atoms with Gasteiger partial charge in [0.25, 0.3) is 0 Å². The standard InChI is InChI=1S/C24H35FN6O4/c1-29(2)23(34)21(32)28-19-7-4-10-31(22(33)16-5-3-6-16)20(19)15-35-18-8-11-30(12-9-18)24-26-13-17(25)14-27-24/h13-14,16,18-20H,3-12,15H2,1-2H3,(H,28,32). The normalized spacial score (nSPS) is 23.5. The van der Waals surface area contributed by atoms with E-state index in [2.05, 4.69) is 15.3 Å². The number of likely N-dealkylation sites (tertiary alicyclic amines) is 1. The molecule has 0 aromatic carbocycles. The minimum atomic E-state index is -0.657. The molecule has 10 nitrogen and oxygen atoms in total. The smallest absolute Gasteiger partial charge is 0.311 e. The predicted octanol–water partition coefficient (Wildman–Crippen LogP) is 0.965. The van der Waals surface area contributed by atoms with E-state index in [1.54, 1.807) is 14.1 Å². The molecule has 3 fully saturated rings. The van der Waals surface area contributed by atoms with Gasteiger partial charge in [-0.3, -0.25) is 14.4 Å². The van der Waals surface area contributed by atoms with Crippen LogP contribution in [0.5, 0.6) is 0 Å². The Balaban J connectivity index is 1.37. The van der Waals surface area contributed by atoms with E-state index in [1.807, 2.05) is 9.80 Å². The first-order chi connectivity index (χ1) is 16.8. The molecule has 2 unspecified atom stereocenters. The summed E-state index contributed by atoms with van der Waals surface area (Å²) >= 11 is 0. The van der Waals surface area contributed by atoms with Crippen LogP contribution in [0.1, 0.15) is 44.9 Å². The molecule has 11 heteroatoms. The van der Waals surface area contributed by atoms with Crippen LogP contribution in [0.15, 0.2) is 12.4 Å². The number of ether oxygens (including phenoxy) is 1. The molecule has 35 heavy (non-hydrogen) atoms. The van der Waals surface area contributed by atoms with Gasteiger partial charge in [0.15, 0.2) is 5.82 Å². The summed E-state index contributed by atoms with van der Waals surface area (Å²) in [4.78, 5) is 51.0. The molecule has 0 bridgehead atoms. The van der Waals surface area contributed by atoms with Gasteiger partial charge in [-0.15, -0.1) is 0 Å². The van der Waals surface area contributed by atoms with Crippen molar-refractivity contribution in [1.82, 2.24) is 25.1 Å². The van der Waals surface area contributed by atoms with E-state index in [4.69, 9.17) is 4.74 Å². The van der Waals surface area contributed by atoms with Crippen molar-refractivity contribution in [2.75, 3.05) is 45.2 Å². The number of nitrogens with zero attached hydrogens (tertiary/aromatic N) is 5. The van der Waals surface area contributed by atoms with Crippen LogP contribution >= 0.6 is 0 Å². The van der Waals surface area contributed by atoms with Gasteiger partial charge in [0.2, 0.25) is 11.9 Å². The third-order valence-electron chi connectivity index (χ3n) is 7.27. The highest BCUT2D eigenvalue weighted by molar-refractivity contribution is 6.34. The minimum absolute atomic E-state index is 0.00552. The first-order valence-electron chi connectivity index (χ1n) is 12.5. The maximum absolute atomic E-state index is 13.2. The maximum atomic E-state index is 13.2.